The van der Waals surface area contributed by atoms with Crippen LogP contribution in [0.2, 0.25) is 0 Å². The van der Waals surface area contributed by atoms with Crippen LogP contribution < -0.4 is 21.8 Å². The molecule has 0 saturated carbocycles. The van der Waals surface area contributed by atoms with Gasteiger partial charge in [0.25, 0.3) is 0 Å². The second kappa shape index (κ2) is 8.10. The zero-order chi connectivity index (χ0) is 18.5. The summed E-state index contributed by atoms with van der Waals surface area (Å²) in [5.41, 5.74) is 13.0. The molecule has 2 aromatic carbocycles. The summed E-state index contributed by atoms with van der Waals surface area (Å²) in [6.07, 6.45) is 0. The lowest BCUT2D eigenvalue weighted by Crippen LogP contribution is -2.68. The topological polar surface area (TPSA) is 98.2 Å². The molecule has 0 amide bonds. The fraction of sp³-hybridized carbons (Fsp3) is 0.250. The molecule has 0 saturated heterocycles. The normalized spacial score (nSPS) is 12.3. The third kappa shape index (κ3) is 3.93. The fourth-order valence-corrected chi connectivity index (χ4v) is 8.81. The quantitative estimate of drug-likeness (QED) is 0.507. The number of anilines is 2. The molecule has 2 aromatic rings. The van der Waals surface area contributed by atoms with E-state index in [4.69, 9.17) is 33.3 Å². The molecule has 136 valence electrons. The monoisotopic (exact) mass is 380 g/mol. The number of nitrogen functional groups attached to an aromatic ring is 2. The molecule has 0 aliphatic heterocycles. The van der Waals surface area contributed by atoms with Crippen molar-refractivity contribution in [2.75, 3.05) is 39.9 Å². The number of rotatable bonds is 8. The van der Waals surface area contributed by atoms with Gasteiger partial charge in [-0.15, -0.1) is 0 Å². The third-order valence-corrected chi connectivity index (χ3v) is 10.2. The Morgan fingerprint density at radius 2 is 1.00 bits per heavy atom. The maximum absolute atomic E-state index is 6.38. The van der Waals surface area contributed by atoms with Gasteiger partial charge < -0.3 is 33.3 Å². The second-order valence-corrected chi connectivity index (χ2v) is 11.1. The van der Waals surface area contributed by atoms with Crippen LogP contribution in [0.25, 0.3) is 0 Å². The highest BCUT2D eigenvalue weighted by Crippen LogP contribution is 2.19. The Balaban J connectivity index is 2.54. The van der Waals surface area contributed by atoms with Crippen LogP contribution in [0.4, 0.5) is 11.4 Å². The fourth-order valence-electron chi connectivity index (χ4n) is 2.56. The van der Waals surface area contributed by atoms with Crippen LogP contribution in [-0.2, 0) is 21.8 Å². The van der Waals surface area contributed by atoms with Gasteiger partial charge in [0.05, 0.1) is 0 Å². The smallest absolute Gasteiger partial charge is 0.399 e. The molecule has 0 bridgehead atoms. The molecule has 25 heavy (non-hydrogen) atoms. The molecule has 2 rings (SSSR count). The Labute approximate surface area is 150 Å². The van der Waals surface area contributed by atoms with Gasteiger partial charge in [0.2, 0.25) is 0 Å². The van der Waals surface area contributed by atoms with Crippen molar-refractivity contribution in [3.63, 3.8) is 0 Å². The zero-order valence-corrected chi connectivity index (χ0v) is 16.8. The van der Waals surface area contributed by atoms with Crippen molar-refractivity contribution in [3.8, 4) is 0 Å². The number of hydrogen-bond donors (Lipinski definition) is 2. The van der Waals surface area contributed by atoms with Gasteiger partial charge in [0.15, 0.2) is 0 Å². The standard InChI is InChI=1S/C16H24N2O5Si2/c1-19-24(20-2,15-9-5-7-13(17)11-15)23-25(21-3,22-4)16-10-6-8-14(18)12-16/h5-12H,17-18H2,1-4H3. The first kappa shape index (κ1) is 19.6. The largest absolute Gasteiger partial charge is 0.529 e. The molecule has 0 spiro atoms. The summed E-state index contributed by atoms with van der Waals surface area (Å²) < 4.78 is 29.3. The molecule has 0 aromatic heterocycles. The average molecular weight is 381 g/mol. The highest BCUT2D eigenvalue weighted by atomic mass is 28.5. The summed E-state index contributed by atoms with van der Waals surface area (Å²) in [5.74, 6) is 0. The predicted octanol–water partition coefficient (Wildman–Crippen LogP) is 0.445. The van der Waals surface area contributed by atoms with Crippen LogP contribution in [0.3, 0.4) is 0 Å². The molecule has 7 nitrogen and oxygen atoms in total. The van der Waals surface area contributed by atoms with Gasteiger partial charge in [0.1, 0.15) is 0 Å². The molecule has 9 heteroatoms. The summed E-state index contributed by atoms with van der Waals surface area (Å²) in [4.78, 5) is 0. The van der Waals surface area contributed by atoms with Crippen molar-refractivity contribution >= 4 is 39.4 Å². The Morgan fingerprint density at radius 3 is 1.28 bits per heavy atom. The summed E-state index contributed by atoms with van der Waals surface area (Å²) in [5, 5.41) is 1.43. The highest BCUT2D eigenvalue weighted by molar-refractivity contribution is 6.88. The van der Waals surface area contributed by atoms with E-state index in [9.17, 15) is 0 Å². The summed E-state index contributed by atoms with van der Waals surface area (Å²) in [6, 6.07) is 14.4. The first-order valence-electron chi connectivity index (χ1n) is 7.58. The molecule has 0 aliphatic carbocycles. The second-order valence-electron chi connectivity index (χ2n) is 5.28. The minimum Gasteiger partial charge on any atom is -0.399 e. The van der Waals surface area contributed by atoms with E-state index < -0.39 is 17.6 Å². The van der Waals surface area contributed by atoms with Crippen LogP contribution in [0.1, 0.15) is 0 Å². The molecule has 0 unspecified atom stereocenters. The van der Waals surface area contributed by atoms with Crippen molar-refractivity contribution in [1.82, 2.24) is 0 Å². The summed E-state index contributed by atoms with van der Waals surface area (Å²) in [7, 11) is -0.553. The first-order valence-corrected chi connectivity index (χ1v) is 11.0. The highest BCUT2D eigenvalue weighted by Gasteiger charge is 2.55. The van der Waals surface area contributed by atoms with Crippen molar-refractivity contribution < 1.29 is 21.8 Å². The van der Waals surface area contributed by atoms with Gasteiger partial charge >= 0.3 is 17.6 Å². The van der Waals surface area contributed by atoms with Crippen LogP contribution in [0, 0.1) is 0 Å². The van der Waals surface area contributed by atoms with E-state index in [0.29, 0.717) is 21.7 Å². The average Bonchev–Trinajstić information content (AvgIpc) is 2.64. The van der Waals surface area contributed by atoms with E-state index in [0.717, 1.165) is 0 Å². The van der Waals surface area contributed by atoms with E-state index in [2.05, 4.69) is 0 Å². The van der Waals surface area contributed by atoms with Crippen LogP contribution in [0.15, 0.2) is 48.5 Å². The van der Waals surface area contributed by atoms with Crippen molar-refractivity contribution in [1.29, 1.82) is 0 Å². The van der Waals surface area contributed by atoms with Crippen LogP contribution in [0.5, 0.6) is 0 Å². The summed E-state index contributed by atoms with van der Waals surface area (Å²) >= 11 is 0. The lowest BCUT2D eigenvalue weighted by Gasteiger charge is -2.35. The molecular weight excluding hydrogens is 356 g/mol. The lowest BCUT2D eigenvalue weighted by atomic mass is 10.3. The van der Waals surface area contributed by atoms with Gasteiger partial charge in [-0.2, -0.15) is 0 Å². The zero-order valence-electron chi connectivity index (χ0n) is 14.8. The first-order chi connectivity index (χ1) is 11.9. The van der Waals surface area contributed by atoms with E-state index >= 15 is 0 Å². The van der Waals surface area contributed by atoms with Gasteiger partial charge in [-0.25, -0.2) is 0 Å². The van der Waals surface area contributed by atoms with E-state index in [1.54, 1.807) is 24.3 Å². The van der Waals surface area contributed by atoms with E-state index in [1.165, 1.54) is 28.4 Å². The van der Waals surface area contributed by atoms with E-state index in [1.807, 2.05) is 24.3 Å². The number of benzene rings is 2. The Hall–Kier alpha value is -1.73. The lowest BCUT2D eigenvalue weighted by molar-refractivity contribution is 0.107. The minimum absolute atomic E-state index is 0.582. The third-order valence-electron chi connectivity index (χ3n) is 3.82. The molecular formula is C16H24N2O5Si2. The Morgan fingerprint density at radius 1 is 0.640 bits per heavy atom. The van der Waals surface area contributed by atoms with Gasteiger partial charge in [-0.1, -0.05) is 24.3 Å². The molecule has 0 radical (unpaired) electrons. The molecule has 0 aliphatic rings. The predicted molar refractivity (Wildman–Crippen MR) is 102 cm³/mol. The van der Waals surface area contributed by atoms with Crippen molar-refractivity contribution in [3.05, 3.63) is 48.5 Å². The maximum atomic E-state index is 6.38. The van der Waals surface area contributed by atoms with Gasteiger partial charge in [0, 0.05) is 50.2 Å². The van der Waals surface area contributed by atoms with Crippen LogP contribution in [-0.4, -0.2) is 46.0 Å². The molecule has 0 heterocycles. The van der Waals surface area contributed by atoms with Crippen molar-refractivity contribution in [2.24, 2.45) is 0 Å². The Bertz CT molecular complexity index is 649. The van der Waals surface area contributed by atoms with E-state index in [-0.39, 0.29) is 0 Å². The number of nitrogens with two attached hydrogens (primary N) is 2. The number of hydrogen-bond acceptors (Lipinski definition) is 7. The van der Waals surface area contributed by atoms with Crippen molar-refractivity contribution in [2.45, 2.75) is 0 Å². The minimum atomic E-state index is -3.34. The molecule has 0 atom stereocenters. The molecule has 0 fully saturated rings. The van der Waals surface area contributed by atoms with Crippen LogP contribution >= 0.6 is 0 Å². The summed E-state index contributed by atoms with van der Waals surface area (Å²) in [6.45, 7) is 0. The van der Waals surface area contributed by atoms with Gasteiger partial charge in [-0.3, -0.25) is 0 Å². The SMILES string of the molecule is CO[Si](OC)(O[Si](OC)(OC)c1cccc(N)c1)c1cccc(N)c1. The molecule has 4 N–H and O–H groups in total. The van der Waals surface area contributed by atoms with Gasteiger partial charge in [-0.05, 0) is 24.3 Å². The Kier molecular flexibility index (Phi) is 6.35. The maximum Gasteiger partial charge on any atom is 0.529 e.